The molecule has 1 aliphatic heterocycles. The van der Waals surface area contributed by atoms with Crippen LogP contribution in [0.4, 0.5) is 5.69 Å². The quantitative estimate of drug-likeness (QED) is 0.819. The largest absolute Gasteiger partial charge is 0.325 e. The molecule has 1 heterocycles. The van der Waals surface area contributed by atoms with E-state index in [4.69, 9.17) is 0 Å². The van der Waals surface area contributed by atoms with Crippen molar-refractivity contribution in [2.45, 2.75) is 17.7 Å². The Labute approximate surface area is 156 Å². The van der Waals surface area contributed by atoms with Crippen LogP contribution in [0.2, 0.25) is 0 Å². The second kappa shape index (κ2) is 7.68. The average Bonchev–Trinajstić information content (AvgIpc) is 2.64. The third kappa shape index (κ3) is 4.11. The van der Waals surface area contributed by atoms with E-state index in [1.807, 2.05) is 24.3 Å². The summed E-state index contributed by atoms with van der Waals surface area (Å²) in [6.45, 7) is 0.705. The zero-order chi connectivity index (χ0) is 17.9. The van der Waals surface area contributed by atoms with Crippen LogP contribution in [0.5, 0.6) is 0 Å². The Hall–Kier alpha value is -1.70. The highest BCUT2D eigenvalue weighted by Gasteiger charge is 2.32. The summed E-state index contributed by atoms with van der Waals surface area (Å²) in [7, 11) is -3.48. The molecule has 0 unspecified atom stereocenters. The highest BCUT2D eigenvalue weighted by Crippen LogP contribution is 2.26. The first-order valence-electron chi connectivity index (χ1n) is 8.09. The molecule has 0 radical (unpaired) electrons. The number of anilines is 1. The normalized spacial score (nSPS) is 16.5. The molecule has 7 heteroatoms. The van der Waals surface area contributed by atoms with Crippen molar-refractivity contribution in [3.05, 3.63) is 59.1 Å². The maximum absolute atomic E-state index is 12.6. The Bertz CT molecular complexity index is 848. The standard InChI is InChI=1S/C18H19BrN2O3S/c19-16-8-4-5-9-17(16)20-18(22)14-10-12-21(13-11-14)25(23,24)15-6-2-1-3-7-15/h1-9,14H,10-13H2,(H,20,22). The van der Waals surface area contributed by atoms with E-state index in [2.05, 4.69) is 21.2 Å². The Morgan fingerprint density at radius 2 is 1.60 bits per heavy atom. The molecular weight excluding hydrogens is 404 g/mol. The highest BCUT2D eigenvalue weighted by atomic mass is 79.9. The average molecular weight is 423 g/mol. The Morgan fingerprint density at radius 1 is 1.00 bits per heavy atom. The van der Waals surface area contributed by atoms with Crippen molar-refractivity contribution in [1.29, 1.82) is 0 Å². The lowest BCUT2D eigenvalue weighted by Crippen LogP contribution is -2.41. The van der Waals surface area contributed by atoms with Gasteiger partial charge in [0.15, 0.2) is 0 Å². The van der Waals surface area contributed by atoms with Gasteiger partial charge in [-0.05, 0) is 53.0 Å². The summed E-state index contributed by atoms with van der Waals surface area (Å²) in [5.41, 5.74) is 0.729. The molecule has 2 aromatic rings. The van der Waals surface area contributed by atoms with Crippen LogP contribution in [0.3, 0.4) is 0 Å². The number of nitrogens with one attached hydrogen (secondary N) is 1. The molecule has 1 N–H and O–H groups in total. The number of hydrogen-bond donors (Lipinski definition) is 1. The van der Waals surface area contributed by atoms with Crippen molar-refractivity contribution in [3.8, 4) is 0 Å². The fourth-order valence-corrected chi connectivity index (χ4v) is 4.77. The summed E-state index contributed by atoms with van der Waals surface area (Å²) in [6, 6.07) is 15.8. The zero-order valence-corrected chi connectivity index (χ0v) is 16.0. The molecule has 0 spiro atoms. The molecule has 5 nitrogen and oxygen atoms in total. The Balaban J connectivity index is 1.62. The van der Waals surface area contributed by atoms with Crippen LogP contribution in [-0.4, -0.2) is 31.7 Å². The number of para-hydroxylation sites is 1. The number of halogens is 1. The van der Waals surface area contributed by atoms with Crippen LogP contribution in [0.1, 0.15) is 12.8 Å². The summed E-state index contributed by atoms with van der Waals surface area (Å²) >= 11 is 3.41. The molecule has 132 valence electrons. The third-order valence-electron chi connectivity index (χ3n) is 4.34. The number of benzene rings is 2. The van der Waals surface area contributed by atoms with E-state index in [0.717, 1.165) is 10.2 Å². The predicted molar refractivity (Wildman–Crippen MR) is 101 cm³/mol. The molecule has 0 bridgehead atoms. The molecule has 0 atom stereocenters. The maximum Gasteiger partial charge on any atom is 0.243 e. The van der Waals surface area contributed by atoms with Crippen LogP contribution in [-0.2, 0) is 14.8 Å². The zero-order valence-electron chi connectivity index (χ0n) is 13.6. The van der Waals surface area contributed by atoms with Crippen molar-refractivity contribution >= 4 is 37.5 Å². The second-order valence-corrected chi connectivity index (χ2v) is 8.75. The molecule has 0 aliphatic carbocycles. The van der Waals surface area contributed by atoms with Gasteiger partial charge in [0.05, 0.1) is 10.6 Å². The van der Waals surface area contributed by atoms with Gasteiger partial charge >= 0.3 is 0 Å². The lowest BCUT2D eigenvalue weighted by molar-refractivity contribution is -0.120. The number of piperidine rings is 1. The van der Waals surface area contributed by atoms with E-state index in [1.165, 1.54) is 4.31 Å². The fourth-order valence-electron chi connectivity index (χ4n) is 2.90. The lowest BCUT2D eigenvalue weighted by Gasteiger charge is -2.30. The van der Waals surface area contributed by atoms with E-state index < -0.39 is 10.0 Å². The molecule has 1 fully saturated rings. The topological polar surface area (TPSA) is 66.5 Å². The first-order valence-corrected chi connectivity index (χ1v) is 10.3. The molecule has 1 amide bonds. The molecule has 3 rings (SSSR count). The van der Waals surface area contributed by atoms with Gasteiger partial charge in [-0.2, -0.15) is 4.31 Å². The number of sulfonamides is 1. The van der Waals surface area contributed by atoms with Gasteiger partial charge in [-0.1, -0.05) is 30.3 Å². The first-order chi connectivity index (χ1) is 12.0. The predicted octanol–water partition coefficient (Wildman–Crippen LogP) is 3.49. The van der Waals surface area contributed by atoms with Crippen molar-refractivity contribution in [2.24, 2.45) is 5.92 Å². The number of nitrogens with zero attached hydrogens (tertiary/aromatic N) is 1. The molecule has 2 aromatic carbocycles. The number of amides is 1. The van der Waals surface area contributed by atoms with Gasteiger partial charge in [0.1, 0.15) is 0 Å². The van der Waals surface area contributed by atoms with E-state index >= 15 is 0 Å². The molecular formula is C18H19BrN2O3S. The smallest absolute Gasteiger partial charge is 0.243 e. The van der Waals surface area contributed by atoms with Gasteiger partial charge in [-0.25, -0.2) is 8.42 Å². The molecule has 0 saturated carbocycles. The van der Waals surface area contributed by atoms with Crippen molar-refractivity contribution in [3.63, 3.8) is 0 Å². The Morgan fingerprint density at radius 3 is 2.24 bits per heavy atom. The van der Waals surface area contributed by atoms with E-state index in [1.54, 1.807) is 30.3 Å². The second-order valence-electron chi connectivity index (χ2n) is 5.96. The van der Waals surface area contributed by atoms with Crippen LogP contribution >= 0.6 is 15.9 Å². The van der Waals surface area contributed by atoms with Gasteiger partial charge in [0.2, 0.25) is 15.9 Å². The Kier molecular flexibility index (Phi) is 5.56. The van der Waals surface area contributed by atoms with E-state index in [9.17, 15) is 13.2 Å². The fraction of sp³-hybridized carbons (Fsp3) is 0.278. The van der Waals surface area contributed by atoms with Crippen LogP contribution in [0.15, 0.2) is 64.0 Å². The van der Waals surface area contributed by atoms with Gasteiger partial charge < -0.3 is 5.32 Å². The minimum absolute atomic E-state index is 0.0661. The molecule has 0 aromatic heterocycles. The summed E-state index contributed by atoms with van der Waals surface area (Å²) in [6.07, 6.45) is 1.03. The monoisotopic (exact) mass is 422 g/mol. The summed E-state index contributed by atoms with van der Waals surface area (Å²) in [5, 5.41) is 2.91. The van der Waals surface area contributed by atoms with Gasteiger partial charge in [0.25, 0.3) is 0 Å². The molecule has 1 saturated heterocycles. The number of hydrogen-bond acceptors (Lipinski definition) is 3. The molecule has 1 aliphatic rings. The van der Waals surface area contributed by atoms with Crippen LogP contribution < -0.4 is 5.32 Å². The number of carbonyl (C=O) groups is 1. The summed E-state index contributed by atoms with van der Waals surface area (Å²) in [4.78, 5) is 12.7. The number of rotatable bonds is 4. The first kappa shape index (κ1) is 18.1. The van der Waals surface area contributed by atoms with E-state index in [-0.39, 0.29) is 11.8 Å². The number of carbonyl (C=O) groups excluding carboxylic acids is 1. The lowest BCUT2D eigenvalue weighted by atomic mass is 9.97. The minimum atomic E-state index is -3.48. The van der Waals surface area contributed by atoms with Crippen molar-refractivity contribution < 1.29 is 13.2 Å². The highest BCUT2D eigenvalue weighted by molar-refractivity contribution is 9.10. The summed E-state index contributed by atoms with van der Waals surface area (Å²) in [5.74, 6) is -0.252. The minimum Gasteiger partial charge on any atom is -0.325 e. The SMILES string of the molecule is O=C(Nc1ccccc1Br)C1CCN(S(=O)(=O)c2ccccc2)CC1. The third-order valence-corrected chi connectivity index (χ3v) is 6.94. The van der Waals surface area contributed by atoms with Gasteiger partial charge in [0, 0.05) is 23.5 Å². The van der Waals surface area contributed by atoms with E-state index in [0.29, 0.717) is 30.8 Å². The molecule has 25 heavy (non-hydrogen) atoms. The van der Waals surface area contributed by atoms with Crippen molar-refractivity contribution in [1.82, 2.24) is 4.31 Å². The van der Waals surface area contributed by atoms with Crippen LogP contribution in [0, 0.1) is 5.92 Å². The van der Waals surface area contributed by atoms with Gasteiger partial charge in [-0.3, -0.25) is 4.79 Å². The van der Waals surface area contributed by atoms with Crippen LogP contribution in [0.25, 0.3) is 0 Å². The van der Waals surface area contributed by atoms with Gasteiger partial charge in [-0.15, -0.1) is 0 Å². The summed E-state index contributed by atoms with van der Waals surface area (Å²) < 4.78 is 27.5. The van der Waals surface area contributed by atoms with Crippen molar-refractivity contribution in [2.75, 3.05) is 18.4 Å². The maximum atomic E-state index is 12.6.